The number of anilines is 1. The average molecular weight is 741 g/mol. The van der Waals surface area contributed by atoms with Gasteiger partial charge in [-0.05, 0) is 59.2 Å². The lowest BCUT2D eigenvalue weighted by molar-refractivity contribution is 0.0985. The summed E-state index contributed by atoms with van der Waals surface area (Å²) in [6.07, 6.45) is 1.79. The molecule has 0 saturated carbocycles. The second-order valence-electron chi connectivity index (χ2n) is 12.9. The molecule has 7 rings (SSSR count). The first-order chi connectivity index (χ1) is 25.8. The Morgan fingerprint density at radius 3 is 2.11 bits per heavy atom. The maximum Gasteiger partial charge on any atom is 0.232 e. The lowest BCUT2D eigenvalue weighted by atomic mass is 10.0. The first-order valence-electron chi connectivity index (χ1n) is 17.5. The smallest absolute Gasteiger partial charge is 0.232 e. The van der Waals surface area contributed by atoms with Crippen LogP contribution in [0.1, 0.15) is 39.5 Å². The van der Waals surface area contributed by atoms with Gasteiger partial charge >= 0.3 is 0 Å². The Kier molecular flexibility index (Phi) is 11.2. The molecule has 0 aliphatic heterocycles. The van der Waals surface area contributed by atoms with Gasteiger partial charge in [-0.3, -0.25) is 9.10 Å². The number of sulfonamides is 1. The number of nitrogens with one attached hydrogen (secondary N) is 1. The maximum absolute atomic E-state index is 13.8. The lowest BCUT2D eigenvalue weighted by Crippen LogP contribution is -2.31. The van der Waals surface area contributed by atoms with E-state index in [-0.39, 0.29) is 31.5 Å². The third kappa shape index (κ3) is 8.95. The highest BCUT2D eigenvalue weighted by Crippen LogP contribution is 2.36. The van der Waals surface area contributed by atoms with Crippen LogP contribution in [-0.2, 0) is 23.2 Å². The van der Waals surface area contributed by atoms with Crippen LogP contribution in [-0.4, -0.2) is 33.6 Å². The Hall–Kier alpha value is -5.48. The molecule has 268 valence electrons. The Labute approximate surface area is 314 Å². The maximum atomic E-state index is 13.8. The molecule has 0 bridgehead atoms. The number of fused-ring (bicyclic) bond motifs is 3. The molecule has 1 atom stereocenters. The fraction of sp³-hybridized carbons (Fsp3) is 0.159. The van der Waals surface area contributed by atoms with Crippen LogP contribution in [0.3, 0.4) is 0 Å². The van der Waals surface area contributed by atoms with Crippen molar-refractivity contribution in [2.75, 3.05) is 23.7 Å². The van der Waals surface area contributed by atoms with Crippen molar-refractivity contribution in [2.45, 2.75) is 25.6 Å². The summed E-state index contributed by atoms with van der Waals surface area (Å²) in [4.78, 5) is 13.8. The number of thiophene rings is 1. The van der Waals surface area contributed by atoms with Crippen LogP contribution in [0.5, 0.6) is 11.5 Å². The summed E-state index contributed by atoms with van der Waals surface area (Å²) in [6.45, 7) is 0.805. The summed E-state index contributed by atoms with van der Waals surface area (Å²) in [5, 5.41) is 5.93. The zero-order valence-corrected chi connectivity index (χ0v) is 31.0. The number of carbonyl (C=O) groups excluding carboxylic acids is 1. The quantitative estimate of drug-likeness (QED) is 0.0994. The van der Waals surface area contributed by atoms with Crippen LogP contribution in [0.25, 0.3) is 20.2 Å². The molecular formula is C44H40N2O5S2. The van der Waals surface area contributed by atoms with Crippen molar-refractivity contribution in [1.29, 1.82) is 0 Å². The van der Waals surface area contributed by atoms with E-state index >= 15 is 0 Å². The van der Waals surface area contributed by atoms with Gasteiger partial charge in [0, 0.05) is 38.2 Å². The van der Waals surface area contributed by atoms with E-state index in [1.165, 1.54) is 30.7 Å². The predicted molar refractivity (Wildman–Crippen MR) is 216 cm³/mol. The number of hydrogen-bond donors (Lipinski definition) is 1. The lowest BCUT2D eigenvalue weighted by Gasteiger charge is -2.26. The average Bonchev–Trinajstić information content (AvgIpc) is 3.56. The van der Waals surface area contributed by atoms with E-state index in [1.807, 2.05) is 97.1 Å². The van der Waals surface area contributed by atoms with E-state index in [0.29, 0.717) is 30.0 Å². The molecule has 0 aliphatic carbocycles. The van der Waals surface area contributed by atoms with Crippen molar-refractivity contribution < 1.29 is 22.7 Å². The van der Waals surface area contributed by atoms with Crippen molar-refractivity contribution in [1.82, 2.24) is 5.32 Å². The predicted octanol–water partition coefficient (Wildman–Crippen LogP) is 9.58. The van der Waals surface area contributed by atoms with E-state index in [0.717, 1.165) is 22.4 Å². The largest absolute Gasteiger partial charge is 0.493 e. The minimum Gasteiger partial charge on any atom is -0.493 e. The molecule has 1 unspecified atom stereocenters. The first kappa shape index (κ1) is 35.9. The molecular weight excluding hydrogens is 701 g/mol. The molecule has 0 aliphatic rings. The number of Topliss-reactive ketones (excluding diaryl/α,β-unsaturated/α-hetero) is 1. The van der Waals surface area contributed by atoms with Gasteiger partial charge in [0.1, 0.15) is 18.1 Å². The molecule has 7 aromatic rings. The van der Waals surface area contributed by atoms with E-state index in [4.69, 9.17) is 9.47 Å². The van der Waals surface area contributed by atoms with Crippen molar-refractivity contribution >= 4 is 53.0 Å². The van der Waals surface area contributed by atoms with Crippen LogP contribution in [0.2, 0.25) is 0 Å². The molecule has 1 aromatic heterocycles. The van der Waals surface area contributed by atoms with Gasteiger partial charge in [-0.2, -0.15) is 0 Å². The molecule has 9 heteroatoms. The number of carbonyl (C=O) groups is 1. The molecule has 1 heterocycles. The Morgan fingerprint density at radius 1 is 0.717 bits per heavy atom. The fourth-order valence-electron chi connectivity index (χ4n) is 6.35. The third-order valence-corrected chi connectivity index (χ3v) is 11.4. The van der Waals surface area contributed by atoms with Crippen LogP contribution >= 0.6 is 11.3 Å². The van der Waals surface area contributed by atoms with Crippen molar-refractivity contribution in [2.24, 2.45) is 0 Å². The van der Waals surface area contributed by atoms with Gasteiger partial charge in [-0.15, -0.1) is 11.3 Å². The molecule has 0 saturated heterocycles. The number of ketones is 1. The molecule has 7 nitrogen and oxygen atoms in total. The normalized spacial score (nSPS) is 12.1. The third-order valence-electron chi connectivity index (χ3n) is 9.09. The molecule has 6 aromatic carbocycles. The van der Waals surface area contributed by atoms with Gasteiger partial charge in [-0.25, -0.2) is 8.42 Å². The number of rotatable bonds is 16. The highest BCUT2D eigenvalue weighted by molar-refractivity contribution is 7.92. The number of benzene rings is 6. The summed E-state index contributed by atoms with van der Waals surface area (Å²) in [5.74, 6) is 0.999. The van der Waals surface area contributed by atoms with Crippen LogP contribution in [0, 0.1) is 0 Å². The Bertz CT molecular complexity index is 2420. The highest BCUT2D eigenvalue weighted by atomic mass is 32.2. The van der Waals surface area contributed by atoms with E-state index < -0.39 is 10.0 Å². The molecule has 0 radical (unpaired) electrons. The van der Waals surface area contributed by atoms with E-state index in [9.17, 15) is 13.2 Å². The monoisotopic (exact) mass is 740 g/mol. The summed E-state index contributed by atoms with van der Waals surface area (Å²) in [6, 6.07) is 48.5. The fourth-order valence-corrected chi connectivity index (χ4v) is 8.37. The number of nitrogens with zero attached hydrogens (tertiary/aromatic N) is 1. The van der Waals surface area contributed by atoms with E-state index in [2.05, 4.69) is 41.7 Å². The van der Waals surface area contributed by atoms with Crippen LogP contribution < -0.4 is 19.1 Å². The second kappa shape index (κ2) is 16.5. The molecule has 0 fully saturated rings. The van der Waals surface area contributed by atoms with Crippen molar-refractivity contribution in [3.63, 3.8) is 0 Å². The topological polar surface area (TPSA) is 84.9 Å². The van der Waals surface area contributed by atoms with Gasteiger partial charge in [0.2, 0.25) is 10.0 Å². The van der Waals surface area contributed by atoms with Crippen molar-refractivity contribution in [3.05, 3.63) is 174 Å². The molecule has 53 heavy (non-hydrogen) atoms. The number of ether oxygens (including phenoxy) is 2. The van der Waals surface area contributed by atoms with Gasteiger partial charge in [-0.1, -0.05) is 109 Å². The van der Waals surface area contributed by atoms with Gasteiger partial charge in [0.15, 0.2) is 5.78 Å². The number of hydrogen-bond acceptors (Lipinski definition) is 7. The molecule has 1 N–H and O–H groups in total. The van der Waals surface area contributed by atoms with Crippen LogP contribution in [0.15, 0.2) is 152 Å². The molecule has 0 spiro atoms. The Morgan fingerprint density at radius 2 is 1.38 bits per heavy atom. The summed E-state index contributed by atoms with van der Waals surface area (Å²) >= 11 is 1.75. The van der Waals surface area contributed by atoms with E-state index in [1.54, 1.807) is 29.5 Å². The standard InChI is InChI=1S/C44H40N2O5S2/c1-53(48,49)46(30-32-13-5-2-6-14-32)40-27-35(21-24-42(40)51-31-33-15-7-3-8-16-33)41(47)29-45-39(34-17-9-4-10-18-34)25-26-50-36-22-23-38-37-19-11-12-20-43(37)52-44(38)28-36/h2-24,27-28,39,45H,25-26,29-31H2,1H3. The Balaban J connectivity index is 1.09. The van der Waals surface area contributed by atoms with Gasteiger partial charge in [0.25, 0.3) is 0 Å². The SMILES string of the molecule is CS(=O)(=O)N(Cc1ccccc1)c1cc(C(=O)CNC(CCOc2ccc3c(c2)sc2ccccc23)c2ccccc2)ccc1OCc1ccccc1. The van der Waals surface area contributed by atoms with Crippen LogP contribution in [0.4, 0.5) is 5.69 Å². The first-order valence-corrected chi connectivity index (χ1v) is 20.2. The second-order valence-corrected chi connectivity index (χ2v) is 15.9. The summed E-state index contributed by atoms with van der Waals surface area (Å²) in [7, 11) is -3.77. The van der Waals surface area contributed by atoms with Gasteiger partial charge < -0.3 is 14.8 Å². The summed E-state index contributed by atoms with van der Waals surface area (Å²) < 4.78 is 42.8. The highest BCUT2D eigenvalue weighted by Gasteiger charge is 2.24. The summed E-state index contributed by atoms with van der Waals surface area (Å²) in [5.41, 5.74) is 3.47. The minimum atomic E-state index is -3.77. The minimum absolute atomic E-state index is 0.0362. The zero-order valence-electron chi connectivity index (χ0n) is 29.4. The van der Waals surface area contributed by atoms with Crippen molar-refractivity contribution in [3.8, 4) is 11.5 Å². The zero-order chi connectivity index (χ0) is 36.6. The molecule has 0 amide bonds. The van der Waals surface area contributed by atoms with Gasteiger partial charge in [0.05, 0.1) is 31.6 Å².